The quantitative estimate of drug-likeness (QED) is 0.156. The molecule has 0 aromatic carbocycles. The Labute approximate surface area is 269 Å². The molecular formula is C32H76O4Si2Zr. The van der Waals surface area contributed by atoms with Crippen LogP contribution in [-0.4, -0.2) is 47.6 Å². The van der Waals surface area contributed by atoms with E-state index in [0.29, 0.717) is 35.5 Å². The van der Waals surface area contributed by atoms with E-state index < -0.39 is 27.8 Å². The second-order valence-electron chi connectivity index (χ2n) is 16.4. The maximum absolute atomic E-state index is 10.7. The summed E-state index contributed by atoms with van der Waals surface area (Å²) in [5.41, 5.74) is -1.00. The molecule has 39 heavy (non-hydrogen) atoms. The molecule has 0 aliphatic carbocycles. The number of rotatable bonds is 12. The maximum Gasteiger partial charge on any atom is 0.189 e. The fourth-order valence-electron chi connectivity index (χ4n) is 5.06. The van der Waals surface area contributed by atoms with E-state index in [9.17, 15) is 9.59 Å². The van der Waals surface area contributed by atoms with Crippen LogP contribution in [0.5, 0.6) is 0 Å². The summed E-state index contributed by atoms with van der Waals surface area (Å²) in [7, 11) is -3.88. The second kappa shape index (κ2) is 23.6. The fraction of sp³-hybridized carbons (Fsp3) is 1.00. The molecule has 0 spiro atoms. The normalized spacial score (nSPS) is 12.6. The molecule has 0 saturated carbocycles. The molecule has 4 nitrogen and oxygen atoms in total. The van der Waals surface area contributed by atoms with Gasteiger partial charge < -0.3 is 19.8 Å². The van der Waals surface area contributed by atoms with Gasteiger partial charge in [0.25, 0.3) is 0 Å². The average Bonchev–Trinajstić information content (AvgIpc) is 2.45. The largest absolute Gasteiger partial charge is 0.432 e. The molecule has 0 bridgehead atoms. The first-order valence-corrected chi connectivity index (χ1v) is 20.5. The summed E-state index contributed by atoms with van der Waals surface area (Å²) in [5, 5.41) is 17.0. The summed E-state index contributed by atoms with van der Waals surface area (Å²) in [6.45, 7) is 37.1. The van der Waals surface area contributed by atoms with E-state index in [1.54, 1.807) is 41.5 Å². The fourth-order valence-corrected chi connectivity index (χ4v) is 15.2. The smallest absolute Gasteiger partial charge is 0.189 e. The van der Waals surface area contributed by atoms with E-state index in [1.807, 2.05) is 0 Å². The van der Waals surface area contributed by atoms with E-state index >= 15 is 0 Å². The Morgan fingerprint density at radius 1 is 0.385 bits per heavy atom. The van der Waals surface area contributed by atoms with Gasteiger partial charge in [0.05, 0.1) is 11.2 Å². The van der Waals surface area contributed by atoms with Gasteiger partial charge in [0.15, 0.2) is 16.6 Å². The predicted octanol–water partition coefficient (Wildman–Crippen LogP) is 9.34. The van der Waals surface area contributed by atoms with Crippen molar-refractivity contribution in [3.8, 4) is 0 Å². The minimum Gasteiger partial charge on any atom is -0.432 e. The first-order valence-electron chi connectivity index (χ1n) is 15.4. The van der Waals surface area contributed by atoms with E-state index in [4.69, 9.17) is 10.2 Å². The molecular weight excluding hydrogens is 596 g/mol. The Morgan fingerprint density at radius 2 is 0.462 bits per heavy atom. The second-order valence-corrected chi connectivity index (χ2v) is 23.7. The molecule has 7 heteroatoms. The third kappa shape index (κ3) is 55.7. The molecule has 4 N–H and O–H groups in total. The SMILES string of the molecule is CC(C)(C)O.CC(C)(C)O.CC(C)C[Si](O)(CC(C)C)CC(C)C.CC(C)C[Si](O)(CC(C)C)CC(C)C.[Zr]. The van der Waals surface area contributed by atoms with Crippen LogP contribution < -0.4 is 0 Å². The zero-order valence-corrected chi connectivity index (χ0v) is 34.5. The van der Waals surface area contributed by atoms with Crippen molar-refractivity contribution in [3.05, 3.63) is 0 Å². The van der Waals surface area contributed by atoms with Crippen LogP contribution >= 0.6 is 0 Å². The molecule has 0 aliphatic rings. The summed E-state index contributed by atoms with van der Waals surface area (Å²) >= 11 is 0. The third-order valence-corrected chi connectivity index (χ3v) is 14.2. The van der Waals surface area contributed by atoms with Gasteiger partial charge in [-0.2, -0.15) is 0 Å². The topological polar surface area (TPSA) is 80.9 Å². The maximum atomic E-state index is 10.7. The first-order chi connectivity index (χ1) is 16.5. The van der Waals surface area contributed by atoms with Crippen molar-refractivity contribution in [2.24, 2.45) is 35.5 Å². The van der Waals surface area contributed by atoms with Gasteiger partial charge in [0, 0.05) is 26.2 Å². The van der Waals surface area contributed by atoms with Crippen LogP contribution in [0.15, 0.2) is 0 Å². The molecule has 240 valence electrons. The Morgan fingerprint density at radius 3 is 0.513 bits per heavy atom. The molecule has 0 aromatic rings. The first kappa shape index (κ1) is 49.8. The van der Waals surface area contributed by atoms with Crippen molar-refractivity contribution in [1.82, 2.24) is 0 Å². The van der Waals surface area contributed by atoms with Crippen molar-refractivity contribution < 1.29 is 46.0 Å². The molecule has 0 radical (unpaired) electrons. The summed E-state index contributed by atoms with van der Waals surface area (Å²) in [6, 6.07) is 6.44. The minimum atomic E-state index is -1.94. The molecule has 0 unspecified atom stereocenters. The predicted molar refractivity (Wildman–Crippen MR) is 178 cm³/mol. The van der Waals surface area contributed by atoms with Crippen molar-refractivity contribution in [1.29, 1.82) is 0 Å². The van der Waals surface area contributed by atoms with E-state index in [0.717, 1.165) is 36.3 Å². The summed E-state index contributed by atoms with van der Waals surface area (Å²) < 4.78 is 0. The molecule has 0 heterocycles. The van der Waals surface area contributed by atoms with E-state index in [1.165, 1.54) is 0 Å². The standard InChI is InChI=1S/2C12H28OSi.2C4H10O.Zr/c2*1-10(2)7-14(13,8-11(3)4)9-12(5)6;2*1-4(2,3)5;/h2*10-13H,7-9H2,1-6H3;2*5H,1-3H3;. The van der Waals surface area contributed by atoms with Crippen LogP contribution in [-0.2, 0) is 26.2 Å². The minimum absolute atomic E-state index is 0. The van der Waals surface area contributed by atoms with Crippen molar-refractivity contribution in [2.45, 2.75) is 172 Å². The zero-order chi connectivity index (χ0) is 31.7. The molecule has 0 amide bonds. The van der Waals surface area contributed by atoms with E-state index in [2.05, 4.69) is 83.1 Å². The van der Waals surface area contributed by atoms with Gasteiger partial charge in [-0.25, -0.2) is 0 Å². The molecule has 0 aliphatic heterocycles. The van der Waals surface area contributed by atoms with Crippen LogP contribution in [0.4, 0.5) is 0 Å². The number of hydrogen-bond donors (Lipinski definition) is 4. The Bertz CT molecular complexity index is 424. The van der Waals surface area contributed by atoms with Gasteiger partial charge in [-0.1, -0.05) is 83.1 Å². The van der Waals surface area contributed by atoms with Crippen molar-refractivity contribution in [2.75, 3.05) is 0 Å². The van der Waals surface area contributed by atoms with Crippen LogP contribution in [0.3, 0.4) is 0 Å². The molecule has 0 fully saturated rings. The van der Waals surface area contributed by atoms with Gasteiger partial charge in [-0.3, -0.25) is 0 Å². The monoisotopic (exact) mass is 670 g/mol. The summed E-state index contributed by atoms with van der Waals surface area (Å²) in [6.07, 6.45) is 0. The van der Waals surface area contributed by atoms with Crippen LogP contribution in [0.25, 0.3) is 0 Å². The molecule has 0 aromatic heterocycles. The summed E-state index contributed by atoms with van der Waals surface area (Å²) in [4.78, 5) is 21.3. The van der Waals surface area contributed by atoms with E-state index in [-0.39, 0.29) is 26.2 Å². The number of aliphatic hydroxyl groups is 2. The Hall–Kier alpha value is 1.16. The summed E-state index contributed by atoms with van der Waals surface area (Å²) in [5.74, 6) is 3.86. The van der Waals surface area contributed by atoms with Gasteiger partial charge >= 0.3 is 0 Å². The zero-order valence-electron chi connectivity index (χ0n) is 30.0. The Kier molecular flexibility index (Phi) is 30.1. The Balaban J connectivity index is -0.000000145. The molecule has 0 rings (SSSR count). The van der Waals surface area contributed by atoms with Gasteiger partial charge in [-0.15, -0.1) is 0 Å². The third-order valence-electron chi connectivity index (χ3n) is 4.73. The van der Waals surface area contributed by atoms with Crippen LogP contribution in [0.2, 0.25) is 36.3 Å². The average molecular weight is 672 g/mol. The van der Waals surface area contributed by atoms with Crippen molar-refractivity contribution >= 4 is 16.6 Å². The van der Waals surface area contributed by atoms with Gasteiger partial charge in [0.2, 0.25) is 0 Å². The van der Waals surface area contributed by atoms with Gasteiger partial charge in [-0.05, 0) is 113 Å². The van der Waals surface area contributed by atoms with Crippen LogP contribution in [0.1, 0.15) is 125 Å². The number of hydrogen-bond acceptors (Lipinski definition) is 4. The van der Waals surface area contributed by atoms with Gasteiger partial charge in [0.1, 0.15) is 0 Å². The molecule has 0 saturated heterocycles. The van der Waals surface area contributed by atoms with Crippen LogP contribution in [0, 0.1) is 35.5 Å². The van der Waals surface area contributed by atoms with Crippen molar-refractivity contribution in [3.63, 3.8) is 0 Å². The molecule has 0 atom stereocenters.